The van der Waals surface area contributed by atoms with Crippen LogP contribution in [0.15, 0.2) is 91.0 Å². The minimum atomic E-state index is -0.670. The molecule has 1 unspecified atom stereocenters. The maximum Gasteiger partial charge on any atom is 0.315 e. The third-order valence-electron chi connectivity index (χ3n) is 4.51. The van der Waals surface area contributed by atoms with Crippen LogP contribution < -0.4 is 16.0 Å². The molecule has 0 bridgehead atoms. The molecule has 3 N–H and O–H groups in total. The van der Waals surface area contributed by atoms with Crippen molar-refractivity contribution in [1.82, 2.24) is 16.0 Å². The van der Waals surface area contributed by atoms with E-state index in [1.54, 1.807) is 0 Å². The third-order valence-corrected chi connectivity index (χ3v) is 4.51. The predicted molar refractivity (Wildman–Crippen MR) is 114 cm³/mol. The van der Waals surface area contributed by atoms with Gasteiger partial charge in [-0.2, -0.15) is 0 Å². The van der Waals surface area contributed by atoms with Crippen LogP contribution in [0, 0.1) is 0 Å². The molecule has 0 aliphatic heterocycles. The summed E-state index contributed by atoms with van der Waals surface area (Å²) < 4.78 is 0. The van der Waals surface area contributed by atoms with E-state index < -0.39 is 6.04 Å². The van der Waals surface area contributed by atoms with Crippen LogP contribution >= 0.6 is 0 Å². The first-order chi connectivity index (χ1) is 14.2. The second kappa shape index (κ2) is 10.7. The Morgan fingerprint density at radius 2 is 1.07 bits per heavy atom. The fraction of sp³-hybridized carbons (Fsp3) is 0.167. The summed E-state index contributed by atoms with van der Waals surface area (Å²) >= 11 is 0. The zero-order chi connectivity index (χ0) is 20.3. The molecule has 0 heterocycles. The summed E-state index contributed by atoms with van der Waals surface area (Å²) in [5, 5.41) is 8.54. The SMILES string of the molecule is O=C(NCc1ccccc1)NC(Cc1ccccc1)C(=O)NCc1ccccc1. The fourth-order valence-electron chi connectivity index (χ4n) is 2.95. The number of urea groups is 1. The van der Waals surface area contributed by atoms with E-state index >= 15 is 0 Å². The molecule has 3 aromatic carbocycles. The van der Waals surface area contributed by atoms with E-state index in [0.717, 1.165) is 16.7 Å². The van der Waals surface area contributed by atoms with E-state index in [1.807, 2.05) is 91.0 Å². The molecule has 1 atom stereocenters. The highest BCUT2D eigenvalue weighted by atomic mass is 16.2. The van der Waals surface area contributed by atoms with Crippen molar-refractivity contribution in [2.75, 3.05) is 0 Å². The molecule has 5 nitrogen and oxygen atoms in total. The zero-order valence-electron chi connectivity index (χ0n) is 16.2. The highest BCUT2D eigenvalue weighted by Gasteiger charge is 2.21. The molecule has 0 saturated carbocycles. The lowest BCUT2D eigenvalue weighted by Gasteiger charge is -2.19. The van der Waals surface area contributed by atoms with Gasteiger partial charge in [0.2, 0.25) is 5.91 Å². The lowest BCUT2D eigenvalue weighted by atomic mass is 10.1. The van der Waals surface area contributed by atoms with Gasteiger partial charge in [0, 0.05) is 19.5 Å². The summed E-state index contributed by atoms with van der Waals surface area (Å²) in [6.45, 7) is 0.814. The average molecular weight is 387 g/mol. The van der Waals surface area contributed by atoms with Gasteiger partial charge in [-0.05, 0) is 16.7 Å². The second-order valence-electron chi connectivity index (χ2n) is 6.76. The van der Waals surface area contributed by atoms with Gasteiger partial charge in [-0.3, -0.25) is 4.79 Å². The van der Waals surface area contributed by atoms with E-state index in [0.29, 0.717) is 19.5 Å². The van der Waals surface area contributed by atoms with Gasteiger partial charge in [-0.15, -0.1) is 0 Å². The Morgan fingerprint density at radius 1 is 0.621 bits per heavy atom. The molecule has 0 aromatic heterocycles. The van der Waals surface area contributed by atoms with Gasteiger partial charge < -0.3 is 16.0 Å². The topological polar surface area (TPSA) is 70.2 Å². The lowest BCUT2D eigenvalue weighted by Crippen LogP contribution is -2.50. The molecule has 3 rings (SSSR count). The first-order valence-electron chi connectivity index (χ1n) is 9.64. The van der Waals surface area contributed by atoms with Crippen LogP contribution in [0.1, 0.15) is 16.7 Å². The number of amides is 3. The zero-order valence-corrected chi connectivity index (χ0v) is 16.2. The third kappa shape index (κ3) is 6.81. The van der Waals surface area contributed by atoms with Gasteiger partial charge in [0.1, 0.15) is 6.04 Å². The van der Waals surface area contributed by atoms with E-state index in [-0.39, 0.29) is 11.9 Å². The number of hydrogen-bond acceptors (Lipinski definition) is 2. The molecule has 29 heavy (non-hydrogen) atoms. The Bertz CT molecular complexity index is 899. The summed E-state index contributed by atoms with van der Waals surface area (Å²) in [4.78, 5) is 25.2. The first kappa shape index (κ1) is 20.1. The normalized spacial score (nSPS) is 11.3. The number of benzene rings is 3. The van der Waals surface area contributed by atoms with Crippen LogP contribution in [-0.4, -0.2) is 18.0 Å². The number of carbonyl (C=O) groups is 2. The Balaban J connectivity index is 1.60. The summed E-state index contributed by atoms with van der Waals surface area (Å²) in [5.41, 5.74) is 2.99. The largest absolute Gasteiger partial charge is 0.350 e. The minimum absolute atomic E-state index is 0.215. The van der Waals surface area contributed by atoms with Crippen molar-refractivity contribution in [1.29, 1.82) is 0 Å². The van der Waals surface area contributed by atoms with Crippen LogP contribution in [0.3, 0.4) is 0 Å². The van der Waals surface area contributed by atoms with E-state index in [9.17, 15) is 9.59 Å². The molecule has 0 radical (unpaired) electrons. The van der Waals surface area contributed by atoms with Crippen molar-refractivity contribution in [2.24, 2.45) is 0 Å². The smallest absolute Gasteiger partial charge is 0.315 e. The van der Waals surface area contributed by atoms with Crippen LogP contribution in [-0.2, 0) is 24.3 Å². The highest BCUT2D eigenvalue weighted by Crippen LogP contribution is 2.05. The second-order valence-corrected chi connectivity index (χ2v) is 6.76. The van der Waals surface area contributed by atoms with Crippen LogP contribution in [0.2, 0.25) is 0 Å². The minimum Gasteiger partial charge on any atom is -0.350 e. The summed E-state index contributed by atoms with van der Waals surface area (Å²) in [6.07, 6.45) is 0.417. The number of hydrogen-bond donors (Lipinski definition) is 3. The van der Waals surface area contributed by atoms with E-state index in [2.05, 4.69) is 16.0 Å². The lowest BCUT2D eigenvalue weighted by molar-refractivity contribution is -0.123. The Kier molecular flexibility index (Phi) is 7.41. The molecule has 3 amide bonds. The maximum absolute atomic E-state index is 12.8. The van der Waals surface area contributed by atoms with Crippen LogP contribution in [0.5, 0.6) is 0 Å². The molecular formula is C24H25N3O2. The van der Waals surface area contributed by atoms with E-state index in [4.69, 9.17) is 0 Å². The van der Waals surface area contributed by atoms with Crippen molar-refractivity contribution in [3.63, 3.8) is 0 Å². The molecule has 0 aliphatic rings. The van der Waals surface area contributed by atoms with Crippen LogP contribution in [0.4, 0.5) is 4.79 Å². The maximum atomic E-state index is 12.8. The van der Waals surface area contributed by atoms with Gasteiger partial charge in [-0.1, -0.05) is 91.0 Å². The molecular weight excluding hydrogens is 362 g/mol. The Hall–Kier alpha value is -3.60. The summed E-state index contributed by atoms with van der Waals surface area (Å²) in [6, 6.07) is 28.0. The van der Waals surface area contributed by atoms with Gasteiger partial charge >= 0.3 is 6.03 Å². The molecule has 0 aliphatic carbocycles. The van der Waals surface area contributed by atoms with Gasteiger partial charge in [0.15, 0.2) is 0 Å². The van der Waals surface area contributed by atoms with Crippen molar-refractivity contribution in [2.45, 2.75) is 25.6 Å². The quantitative estimate of drug-likeness (QED) is 0.554. The molecule has 5 heteroatoms. The van der Waals surface area contributed by atoms with Gasteiger partial charge in [0.25, 0.3) is 0 Å². The number of nitrogens with one attached hydrogen (secondary N) is 3. The van der Waals surface area contributed by atoms with Crippen molar-refractivity contribution >= 4 is 11.9 Å². The van der Waals surface area contributed by atoms with Crippen molar-refractivity contribution in [3.8, 4) is 0 Å². The average Bonchev–Trinajstić information content (AvgIpc) is 2.78. The van der Waals surface area contributed by atoms with Crippen molar-refractivity contribution in [3.05, 3.63) is 108 Å². The fourth-order valence-corrected chi connectivity index (χ4v) is 2.95. The highest BCUT2D eigenvalue weighted by molar-refractivity contribution is 5.87. The number of rotatable bonds is 8. The monoisotopic (exact) mass is 387 g/mol. The standard InChI is InChI=1S/C24H25N3O2/c28-23(25-17-20-12-6-2-7-13-20)22(16-19-10-4-1-5-11-19)27-24(29)26-18-21-14-8-3-9-15-21/h1-15,22H,16-18H2,(H,25,28)(H2,26,27,29). The molecule has 3 aromatic rings. The molecule has 0 fully saturated rings. The molecule has 148 valence electrons. The Morgan fingerprint density at radius 3 is 1.59 bits per heavy atom. The van der Waals surface area contributed by atoms with E-state index in [1.165, 1.54) is 0 Å². The van der Waals surface area contributed by atoms with Gasteiger partial charge in [0.05, 0.1) is 0 Å². The summed E-state index contributed by atoms with van der Waals surface area (Å²) in [7, 11) is 0. The van der Waals surface area contributed by atoms with Crippen molar-refractivity contribution < 1.29 is 9.59 Å². The van der Waals surface area contributed by atoms with Crippen LogP contribution in [0.25, 0.3) is 0 Å². The number of carbonyl (C=O) groups excluding carboxylic acids is 2. The summed E-state index contributed by atoms with van der Waals surface area (Å²) in [5.74, 6) is -0.215. The molecule has 0 saturated heterocycles. The Labute approximate surface area is 171 Å². The first-order valence-corrected chi connectivity index (χ1v) is 9.64. The van der Waals surface area contributed by atoms with Gasteiger partial charge in [-0.25, -0.2) is 4.79 Å². The molecule has 0 spiro atoms. The predicted octanol–water partition coefficient (Wildman–Crippen LogP) is 3.41.